The molecule has 1 fully saturated rings. The molecule has 1 aromatic heterocycles. The lowest BCUT2D eigenvalue weighted by atomic mass is 9.93. The van der Waals surface area contributed by atoms with Crippen molar-refractivity contribution in [3.8, 4) is 17.2 Å². The van der Waals surface area contributed by atoms with Crippen LogP contribution >= 0.6 is 0 Å². The largest absolute Gasteiger partial charge is 0.490 e. The van der Waals surface area contributed by atoms with Crippen molar-refractivity contribution in [3.05, 3.63) is 42.5 Å². The number of ether oxygens (including phenoxy) is 3. The minimum Gasteiger partial charge on any atom is -0.490 e. The van der Waals surface area contributed by atoms with Crippen molar-refractivity contribution in [3.63, 3.8) is 0 Å². The summed E-state index contributed by atoms with van der Waals surface area (Å²) in [5, 5.41) is 3.02. The van der Waals surface area contributed by atoms with E-state index < -0.39 is 0 Å². The molecule has 7 heteroatoms. The zero-order valence-corrected chi connectivity index (χ0v) is 13.7. The SMILES string of the molecule is O=C(NC1CCC(Oc2ccc3c(c2)OCO3)CC1)c1cnccn1. The van der Waals surface area contributed by atoms with Crippen LogP contribution in [-0.4, -0.2) is 34.8 Å². The van der Waals surface area contributed by atoms with Crippen LogP contribution in [0, 0.1) is 0 Å². The summed E-state index contributed by atoms with van der Waals surface area (Å²) in [6, 6.07) is 5.77. The first-order chi connectivity index (χ1) is 12.3. The third kappa shape index (κ3) is 3.65. The van der Waals surface area contributed by atoms with Gasteiger partial charge in [0.25, 0.3) is 5.91 Å². The number of hydrogen-bond donors (Lipinski definition) is 1. The van der Waals surface area contributed by atoms with Gasteiger partial charge < -0.3 is 19.5 Å². The number of amides is 1. The normalized spacial score (nSPS) is 21.6. The summed E-state index contributed by atoms with van der Waals surface area (Å²) < 4.78 is 16.7. The Hall–Kier alpha value is -2.83. The number of hydrogen-bond acceptors (Lipinski definition) is 6. The molecule has 1 saturated carbocycles. The fraction of sp³-hybridized carbons (Fsp3) is 0.389. The van der Waals surface area contributed by atoms with Gasteiger partial charge in [0.05, 0.1) is 12.3 Å². The molecule has 0 radical (unpaired) electrons. The highest BCUT2D eigenvalue weighted by molar-refractivity contribution is 5.92. The van der Waals surface area contributed by atoms with Gasteiger partial charge in [-0.25, -0.2) is 4.98 Å². The molecule has 0 atom stereocenters. The van der Waals surface area contributed by atoms with Crippen LogP contribution in [-0.2, 0) is 0 Å². The lowest BCUT2D eigenvalue weighted by molar-refractivity contribution is 0.0888. The van der Waals surface area contributed by atoms with E-state index in [1.807, 2.05) is 18.2 Å². The zero-order chi connectivity index (χ0) is 17.1. The van der Waals surface area contributed by atoms with Crippen LogP contribution in [0.1, 0.15) is 36.2 Å². The van der Waals surface area contributed by atoms with Gasteiger partial charge in [-0.3, -0.25) is 9.78 Å². The highest BCUT2D eigenvalue weighted by Gasteiger charge is 2.25. The number of nitrogens with one attached hydrogen (secondary N) is 1. The number of fused-ring (bicyclic) bond motifs is 1. The number of rotatable bonds is 4. The summed E-state index contributed by atoms with van der Waals surface area (Å²) in [7, 11) is 0. The Morgan fingerprint density at radius 1 is 1.12 bits per heavy atom. The van der Waals surface area contributed by atoms with E-state index in [1.54, 1.807) is 6.20 Å². The van der Waals surface area contributed by atoms with Gasteiger partial charge >= 0.3 is 0 Å². The van der Waals surface area contributed by atoms with Crippen LogP contribution < -0.4 is 19.5 Å². The van der Waals surface area contributed by atoms with E-state index in [0.717, 1.165) is 42.9 Å². The Morgan fingerprint density at radius 3 is 2.76 bits per heavy atom. The van der Waals surface area contributed by atoms with Gasteiger partial charge in [-0.05, 0) is 37.8 Å². The molecular weight excluding hydrogens is 322 g/mol. The van der Waals surface area contributed by atoms with E-state index in [4.69, 9.17) is 14.2 Å². The molecule has 2 aromatic rings. The average molecular weight is 341 g/mol. The standard InChI is InChI=1S/C18H19N3O4/c22-18(15-10-19-7-8-20-15)21-12-1-3-13(4-2-12)25-14-5-6-16-17(9-14)24-11-23-16/h5-10,12-13H,1-4,11H2,(H,21,22). The second kappa shape index (κ2) is 6.96. The highest BCUT2D eigenvalue weighted by atomic mass is 16.7. The predicted octanol–water partition coefficient (Wildman–Crippen LogP) is 2.33. The first kappa shape index (κ1) is 15.7. The van der Waals surface area contributed by atoms with Crippen LogP contribution in [0.2, 0.25) is 0 Å². The van der Waals surface area contributed by atoms with Gasteiger partial charge in [0.15, 0.2) is 11.5 Å². The zero-order valence-electron chi connectivity index (χ0n) is 13.7. The lowest BCUT2D eigenvalue weighted by Gasteiger charge is -2.29. The van der Waals surface area contributed by atoms with E-state index in [2.05, 4.69) is 15.3 Å². The Balaban J connectivity index is 1.28. The van der Waals surface area contributed by atoms with Crippen molar-refractivity contribution in [1.82, 2.24) is 15.3 Å². The summed E-state index contributed by atoms with van der Waals surface area (Å²) in [5.41, 5.74) is 0.348. The molecule has 1 aliphatic heterocycles. The van der Waals surface area contributed by atoms with Crippen LogP contribution in [0.15, 0.2) is 36.8 Å². The number of carbonyl (C=O) groups excluding carboxylic acids is 1. The van der Waals surface area contributed by atoms with E-state index in [1.165, 1.54) is 12.4 Å². The fourth-order valence-electron chi connectivity index (χ4n) is 3.14. The Labute approximate surface area is 145 Å². The van der Waals surface area contributed by atoms with Gasteiger partial charge in [-0.2, -0.15) is 0 Å². The number of aromatic nitrogens is 2. The molecule has 7 nitrogen and oxygen atoms in total. The molecule has 2 aliphatic rings. The molecule has 0 bridgehead atoms. The summed E-state index contributed by atoms with van der Waals surface area (Å²) in [6.07, 6.45) is 8.22. The molecule has 1 aromatic carbocycles. The molecule has 0 unspecified atom stereocenters. The molecule has 130 valence electrons. The third-order valence-corrected chi connectivity index (χ3v) is 4.45. The quantitative estimate of drug-likeness (QED) is 0.919. The third-order valence-electron chi connectivity index (χ3n) is 4.45. The number of nitrogens with zero attached hydrogens (tertiary/aromatic N) is 2. The van der Waals surface area contributed by atoms with E-state index in [0.29, 0.717) is 5.69 Å². The maximum Gasteiger partial charge on any atom is 0.271 e. The molecule has 4 rings (SSSR count). The number of carbonyl (C=O) groups is 1. The van der Waals surface area contributed by atoms with E-state index in [9.17, 15) is 4.79 Å². The molecule has 1 N–H and O–H groups in total. The van der Waals surface area contributed by atoms with E-state index >= 15 is 0 Å². The van der Waals surface area contributed by atoms with Crippen LogP contribution in [0.3, 0.4) is 0 Å². The monoisotopic (exact) mass is 341 g/mol. The Kier molecular flexibility index (Phi) is 4.37. The minimum absolute atomic E-state index is 0.144. The van der Waals surface area contributed by atoms with Crippen molar-refractivity contribution in [2.45, 2.75) is 37.8 Å². The Morgan fingerprint density at radius 2 is 1.96 bits per heavy atom. The lowest BCUT2D eigenvalue weighted by Crippen LogP contribution is -2.40. The first-order valence-corrected chi connectivity index (χ1v) is 8.41. The van der Waals surface area contributed by atoms with Gasteiger partial charge in [0, 0.05) is 24.5 Å². The Bertz CT molecular complexity index is 745. The van der Waals surface area contributed by atoms with Crippen LogP contribution in [0.4, 0.5) is 0 Å². The highest BCUT2D eigenvalue weighted by Crippen LogP contribution is 2.36. The topological polar surface area (TPSA) is 82.6 Å². The maximum absolute atomic E-state index is 12.1. The van der Waals surface area contributed by atoms with Crippen molar-refractivity contribution in [2.24, 2.45) is 0 Å². The van der Waals surface area contributed by atoms with E-state index in [-0.39, 0.29) is 24.8 Å². The second-order valence-electron chi connectivity index (χ2n) is 6.17. The van der Waals surface area contributed by atoms with Gasteiger partial charge in [-0.1, -0.05) is 0 Å². The van der Waals surface area contributed by atoms with Crippen molar-refractivity contribution in [1.29, 1.82) is 0 Å². The van der Waals surface area contributed by atoms with Crippen molar-refractivity contribution >= 4 is 5.91 Å². The molecular formula is C18H19N3O4. The summed E-state index contributed by atoms with van der Waals surface area (Å²) in [4.78, 5) is 20.1. The van der Waals surface area contributed by atoms with Gasteiger partial charge in [-0.15, -0.1) is 0 Å². The average Bonchev–Trinajstić information content (AvgIpc) is 3.12. The molecule has 25 heavy (non-hydrogen) atoms. The molecule has 0 saturated heterocycles. The van der Waals surface area contributed by atoms with Crippen molar-refractivity contribution in [2.75, 3.05) is 6.79 Å². The second-order valence-corrected chi connectivity index (χ2v) is 6.17. The maximum atomic E-state index is 12.1. The fourth-order valence-corrected chi connectivity index (χ4v) is 3.14. The smallest absolute Gasteiger partial charge is 0.271 e. The first-order valence-electron chi connectivity index (χ1n) is 8.41. The minimum atomic E-state index is -0.173. The number of benzene rings is 1. The van der Waals surface area contributed by atoms with Crippen LogP contribution in [0.5, 0.6) is 17.2 Å². The van der Waals surface area contributed by atoms with Gasteiger partial charge in [0.1, 0.15) is 11.4 Å². The molecule has 2 heterocycles. The van der Waals surface area contributed by atoms with Gasteiger partial charge in [0.2, 0.25) is 6.79 Å². The van der Waals surface area contributed by atoms with Crippen molar-refractivity contribution < 1.29 is 19.0 Å². The summed E-state index contributed by atoms with van der Waals surface area (Å²) in [5.74, 6) is 2.09. The summed E-state index contributed by atoms with van der Waals surface area (Å²) in [6.45, 7) is 0.259. The summed E-state index contributed by atoms with van der Waals surface area (Å²) >= 11 is 0. The van der Waals surface area contributed by atoms with Crippen LogP contribution in [0.25, 0.3) is 0 Å². The molecule has 1 amide bonds. The molecule has 0 spiro atoms. The molecule has 1 aliphatic carbocycles. The predicted molar refractivity (Wildman–Crippen MR) is 88.7 cm³/mol.